The van der Waals surface area contributed by atoms with E-state index in [-0.39, 0.29) is 29.7 Å². The minimum atomic E-state index is -3.40. The number of ketones is 2. The molecule has 0 amide bonds. The molecule has 0 atom stereocenters. The van der Waals surface area contributed by atoms with E-state index in [2.05, 4.69) is 16.1 Å². The number of rotatable bonds is 7. The van der Waals surface area contributed by atoms with Crippen LogP contribution in [0.4, 0.5) is 5.69 Å². The molecule has 1 aliphatic rings. The van der Waals surface area contributed by atoms with E-state index in [1.54, 1.807) is 6.92 Å². The summed E-state index contributed by atoms with van der Waals surface area (Å²) in [5.41, 5.74) is 0.837. The summed E-state index contributed by atoms with van der Waals surface area (Å²) in [7, 11) is -3.40. The van der Waals surface area contributed by atoms with Gasteiger partial charge in [-0.3, -0.25) is 9.59 Å². The summed E-state index contributed by atoms with van der Waals surface area (Å²) < 4.78 is 24.4. The Morgan fingerprint density at radius 1 is 1.24 bits per heavy atom. The Balaban J connectivity index is 2.07. The first kappa shape index (κ1) is 16.2. The highest BCUT2D eigenvalue weighted by atomic mass is 79.9. The fourth-order valence-corrected chi connectivity index (χ4v) is 3.37. The van der Waals surface area contributed by atoms with Crippen LogP contribution in [0.15, 0.2) is 24.3 Å². The third-order valence-electron chi connectivity index (χ3n) is 3.37. The summed E-state index contributed by atoms with van der Waals surface area (Å²) in [6, 6.07) is 6.15. The van der Waals surface area contributed by atoms with Crippen LogP contribution in [0.5, 0.6) is 0 Å². The predicted octanol–water partition coefficient (Wildman–Crippen LogP) is 2.70. The molecule has 7 heteroatoms. The molecule has 0 aliphatic heterocycles. The molecule has 1 aromatic rings. The number of benzene rings is 1. The smallest absolute Gasteiger partial charge is 0.244 e. The van der Waals surface area contributed by atoms with Gasteiger partial charge in [0.05, 0.1) is 34.0 Å². The maximum absolute atomic E-state index is 12.0. The largest absolute Gasteiger partial charge is 0.299 e. The number of halogens is 1. The molecule has 114 valence electrons. The van der Waals surface area contributed by atoms with Gasteiger partial charge in [-0.15, -0.1) is 0 Å². The van der Waals surface area contributed by atoms with Gasteiger partial charge in [0.2, 0.25) is 10.0 Å². The molecular weight excluding hydrogens is 358 g/mol. The van der Waals surface area contributed by atoms with Crippen LogP contribution in [-0.4, -0.2) is 25.7 Å². The van der Waals surface area contributed by atoms with Gasteiger partial charge >= 0.3 is 0 Å². The van der Waals surface area contributed by atoms with Crippen LogP contribution in [-0.2, 0) is 14.8 Å². The van der Waals surface area contributed by atoms with Crippen molar-refractivity contribution < 1.29 is 18.0 Å². The number of nitrogens with zero attached hydrogens (tertiary/aromatic N) is 1. The van der Waals surface area contributed by atoms with Gasteiger partial charge in [-0.25, -0.2) is 11.7 Å². The molecule has 0 radical (unpaired) electrons. The molecule has 0 bridgehead atoms. The van der Waals surface area contributed by atoms with Gasteiger partial charge in [0, 0.05) is 11.5 Å². The predicted molar refractivity (Wildman–Crippen MR) is 84.0 cm³/mol. The second-order valence-electron chi connectivity index (χ2n) is 5.00. The first-order valence-electron chi connectivity index (χ1n) is 6.70. The number of sulfonamides is 1. The van der Waals surface area contributed by atoms with Crippen LogP contribution < -0.4 is 3.33 Å². The number of Topliss-reactive ketones (excluding diaryl/α,β-unsaturated/α-hetero) is 2. The summed E-state index contributed by atoms with van der Waals surface area (Å²) in [4.78, 5) is 23.6. The second kappa shape index (κ2) is 6.27. The Morgan fingerprint density at radius 3 is 2.29 bits per heavy atom. The molecule has 1 aromatic carbocycles. The van der Waals surface area contributed by atoms with E-state index >= 15 is 0 Å². The number of carbonyl (C=O) groups excluding carboxylic acids is 2. The van der Waals surface area contributed by atoms with Crippen LogP contribution in [0.2, 0.25) is 0 Å². The highest BCUT2D eigenvalue weighted by Crippen LogP contribution is 2.31. The molecule has 0 saturated heterocycles. The third kappa shape index (κ3) is 3.91. The van der Waals surface area contributed by atoms with Gasteiger partial charge in [0.15, 0.2) is 5.78 Å². The Labute approximate surface area is 132 Å². The second-order valence-corrected chi connectivity index (χ2v) is 8.29. The molecular formula is C14H16BrNO4S. The topological polar surface area (TPSA) is 71.5 Å². The molecule has 2 rings (SSSR count). The highest BCUT2D eigenvalue weighted by molar-refractivity contribution is 9.11. The van der Waals surface area contributed by atoms with Crippen molar-refractivity contribution in [2.75, 3.05) is 9.08 Å². The van der Waals surface area contributed by atoms with Gasteiger partial charge in [0.25, 0.3) is 0 Å². The summed E-state index contributed by atoms with van der Waals surface area (Å²) in [5.74, 6) is -0.187. The van der Waals surface area contributed by atoms with Crippen LogP contribution in [0.25, 0.3) is 0 Å². The number of carbonyl (C=O) groups is 2. The monoisotopic (exact) mass is 373 g/mol. The Bertz CT molecular complexity index is 650. The zero-order chi connectivity index (χ0) is 15.6. The van der Waals surface area contributed by atoms with Crippen molar-refractivity contribution in [3.05, 3.63) is 29.8 Å². The lowest BCUT2D eigenvalue weighted by atomic mass is 10.0. The molecule has 1 aliphatic carbocycles. The van der Waals surface area contributed by atoms with E-state index in [0.717, 1.165) is 16.2 Å². The lowest BCUT2D eigenvalue weighted by molar-refractivity contribution is -0.119. The number of anilines is 1. The summed E-state index contributed by atoms with van der Waals surface area (Å²) in [6.07, 6.45) is 1.70. The SMILES string of the molecule is CCS(=O)(=O)N(Br)c1ccc(C(=O)CC(=O)C2CC2)cc1. The standard InChI is InChI=1S/C14H16BrNO4S/c1-2-21(19,20)16(15)12-7-5-11(6-8-12)14(18)9-13(17)10-3-4-10/h5-8,10H,2-4,9H2,1H3. The van der Waals surface area contributed by atoms with Crippen molar-refractivity contribution in [3.63, 3.8) is 0 Å². The van der Waals surface area contributed by atoms with E-state index in [4.69, 9.17) is 0 Å². The minimum Gasteiger partial charge on any atom is -0.299 e. The third-order valence-corrected chi connectivity index (χ3v) is 6.53. The fraction of sp³-hybridized carbons (Fsp3) is 0.429. The van der Waals surface area contributed by atoms with Crippen LogP contribution in [0, 0.1) is 5.92 Å². The van der Waals surface area contributed by atoms with Gasteiger partial charge < -0.3 is 0 Å². The van der Waals surface area contributed by atoms with E-state index in [9.17, 15) is 18.0 Å². The van der Waals surface area contributed by atoms with Gasteiger partial charge in [-0.05, 0) is 44.0 Å². The van der Waals surface area contributed by atoms with Crippen LogP contribution >= 0.6 is 16.1 Å². The molecule has 21 heavy (non-hydrogen) atoms. The quantitative estimate of drug-likeness (QED) is 0.418. The Kier molecular flexibility index (Phi) is 4.83. The number of hydrogen-bond acceptors (Lipinski definition) is 4. The van der Waals surface area contributed by atoms with Gasteiger partial charge in [-0.2, -0.15) is 0 Å². The van der Waals surface area contributed by atoms with Crippen molar-refractivity contribution in [1.29, 1.82) is 0 Å². The van der Waals surface area contributed by atoms with E-state index in [0.29, 0.717) is 11.3 Å². The molecule has 0 spiro atoms. The molecule has 0 heterocycles. The first-order chi connectivity index (χ1) is 9.85. The van der Waals surface area contributed by atoms with E-state index in [1.807, 2.05) is 0 Å². The fourth-order valence-electron chi connectivity index (χ4n) is 1.85. The Morgan fingerprint density at radius 2 is 1.81 bits per heavy atom. The van der Waals surface area contributed by atoms with E-state index in [1.165, 1.54) is 24.3 Å². The highest BCUT2D eigenvalue weighted by Gasteiger charge is 2.30. The van der Waals surface area contributed by atoms with Crippen LogP contribution in [0.3, 0.4) is 0 Å². The van der Waals surface area contributed by atoms with Crippen molar-refractivity contribution in [2.24, 2.45) is 5.92 Å². The first-order valence-corrected chi connectivity index (χ1v) is 9.01. The molecule has 0 N–H and O–H groups in total. The van der Waals surface area contributed by atoms with E-state index < -0.39 is 10.0 Å². The Hall–Kier alpha value is -1.21. The van der Waals surface area contributed by atoms with Gasteiger partial charge in [-0.1, -0.05) is 0 Å². The molecule has 5 nitrogen and oxygen atoms in total. The zero-order valence-corrected chi connectivity index (χ0v) is 14.0. The maximum Gasteiger partial charge on any atom is 0.244 e. The van der Waals surface area contributed by atoms with Gasteiger partial charge in [0.1, 0.15) is 5.78 Å². The van der Waals surface area contributed by atoms with Crippen LogP contribution in [0.1, 0.15) is 36.5 Å². The van der Waals surface area contributed by atoms with Crippen molar-refractivity contribution in [2.45, 2.75) is 26.2 Å². The average molecular weight is 374 g/mol. The molecule has 0 unspecified atom stereocenters. The lowest BCUT2D eigenvalue weighted by Gasteiger charge is -2.15. The lowest BCUT2D eigenvalue weighted by Crippen LogP contribution is -2.22. The minimum absolute atomic E-state index is 0.000227. The summed E-state index contributed by atoms with van der Waals surface area (Å²) in [6.45, 7) is 1.55. The normalized spacial score (nSPS) is 14.8. The van der Waals surface area contributed by atoms with Crippen molar-refractivity contribution in [1.82, 2.24) is 0 Å². The van der Waals surface area contributed by atoms with Crippen molar-refractivity contribution >= 4 is 43.4 Å². The van der Waals surface area contributed by atoms with Crippen molar-refractivity contribution in [3.8, 4) is 0 Å². The molecule has 1 fully saturated rings. The summed E-state index contributed by atoms with van der Waals surface area (Å²) in [5, 5.41) is 0. The maximum atomic E-state index is 12.0. The summed E-state index contributed by atoms with van der Waals surface area (Å²) >= 11 is 3.00. The molecule has 1 saturated carbocycles. The number of hydrogen-bond donors (Lipinski definition) is 0. The average Bonchev–Trinajstić information content (AvgIpc) is 3.31. The zero-order valence-electron chi connectivity index (χ0n) is 11.6. The molecule has 0 aromatic heterocycles.